The molecule has 0 amide bonds. The third-order valence-corrected chi connectivity index (χ3v) is 4.23. The van der Waals surface area contributed by atoms with Crippen LogP contribution in [0.3, 0.4) is 0 Å². The van der Waals surface area contributed by atoms with Gasteiger partial charge in [-0.2, -0.15) is 5.26 Å². The molecular weight excluding hydrogens is 282 g/mol. The van der Waals surface area contributed by atoms with Gasteiger partial charge in [-0.3, -0.25) is 0 Å². The van der Waals surface area contributed by atoms with Gasteiger partial charge in [0.25, 0.3) is 0 Å². The molecule has 1 aromatic carbocycles. The summed E-state index contributed by atoms with van der Waals surface area (Å²) >= 11 is 0. The van der Waals surface area contributed by atoms with Gasteiger partial charge in [-0.15, -0.1) is 0 Å². The van der Waals surface area contributed by atoms with Crippen LogP contribution in [-0.4, -0.2) is 4.98 Å². The van der Waals surface area contributed by atoms with Gasteiger partial charge >= 0.3 is 0 Å². The van der Waals surface area contributed by atoms with Crippen molar-refractivity contribution in [2.45, 2.75) is 52.9 Å². The molecule has 0 atom stereocenters. The van der Waals surface area contributed by atoms with Gasteiger partial charge in [0.2, 0.25) is 0 Å². The quantitative estimate of drug-likeness (QED) is 0.859. The number of nitrogens with zero attached hydrogens (tertiary/aromatic N) is 2. The summed E-state index contributed by atoms with van der Waals surface area (Å²) in [5.74, 6) is 0.833. The molecule has 0 aliphatic carbocycles. The van der Waals surface area contributed by atoms with Gasteiger partial charge in [-0.25, -0.2) is 4.98 Å². The number of rotatable bonds is 5. The average Bonchev–Trinajstić information content (AvgIpc) is 2.54. The highest BCUT2D eigenvalue weighted by molar-refractivity contribution is 5.79. The number of hydrogen-bond donors (Lipinski definition) is 1. The van der Waals surface area contributed by atoms with E-state index in [1.54, 1.807) is 0 Å². The fraction of sp³-hybridized carbons (Fsp3) is 0.400. The van der Waals surface area contributed by atoms with Crippen molar-refractivity contribution in [3.05, 3.63) is 46.6 Å². The monoisotopic (exact) mass is 307 g/mol. The van der Waals surface area contributed by atoms with Crippen molar-refractivity contribution in [3.8, 4) is 17.2 Å². The molecule has 0 radical (unpaired) electrons. The smallest absolute Gasteiger partial charge is 0.142 e. The van der Waals surface area contributed by atoms with Gasteiger partial charge in [0.05, 0.1) is 0 Å². The van der Waals surface area contributed by atoms with E-state index < -0.39 is 0 Å². The molecule has 3 heteroatoms. The number of pyridine rings is 1. The van der Waals surface area contributed by atoms with Gasteiger partial charge in [-0.05, 0) is 35.4 Å². The summed E-state index contributed by atoms with van der Waals surface area (Å²) in [6.07, 6.45) is 2.74. The number of nitriles is 1. The van der Waals surface area contributed by atoms with Crippen molar-refractivity contribution in [1.82, 2.24) is 4.98 Å². The topological polar surface area (TPSA) is 62.7 Å². The SMILES string of the molecule is CCCc1nc(N)c(C#N)c(-c2ccc(C(C)C)cc2)c1CC. The molecular formula is C20H25N3. The van der Waals surface area contributed by atoms with Gasteiger partial charge in [-0.1, -0.05) is 58.4 Å². The Bertz CT molecular complexity index is 722. The van der Waals surface area contributed by atoms with Crippen molar-refractivity contribution in [2.75, 3.05) is 5.73 Å². The lowest BCUT2D eigenvalue weighted by Gasteiger charge is -2.17. The Labute approximate surface area is 139 Å². The van der Waals surface area contributed by atoms with Crippen molar-refractivity contribution in [2.24, 2.45) is 0 Å². The van der Waals surface area contributed by atoms with E-state index in [9.17, 15) is 5.26 Å². The highest BCUT2D eigenvalue weighted by Crippen LogP contribution is 2.33. The van der Waals surface area contributed by atoms with E-state index >= 15 is 0 Å². The number of nitrogens with two attached hydrogens (primary N) is 1. The Morgan fingerprint density at radius 3 is 2.30 bits per heavy atom. The van der Waals surface area contributed by atoms with Crippen molar-refractivity contribution in [3.63, 3.8) is 0 Å². The Morgan fingerprint density at radius 2 is 1.83 bits per heavy atom. The summed E-state index contributed by atoms with van der Waals surface area (Å²) < 4.78 is 0. The average molecular weight is 307 g/mol. The van der Waals surface area contributed by atoms with Crippen molar-refractivity contribution in [1.29, 1.82) is 5.26 Å². The van der Waals surface area contributed by atoms with Gasteiger partial charge in [0, 0.05) is 11.3 Å². The number of benzene rings is 1. The minimum atomic E-state index is 0.344. The van der Waals surface area contributed by atoms with E-state index in [1.165, 1.54) is 5.56 Å². The minimum Gasteiger partial charge on any atom is -0.383 e. The van der Waals surface area contributed by atoms with Crippen LogP contribution in [0, 0.1) is 11.3 Å². The molecule has 0 fully saturated rings. The van der Waals surface area contributed by atoms with E-state index in [0.717, 1.165) is 41.6 Å². The van der Waals surface area contributed by atoms with E-state index in [4.69, 9.17) is 5.73 Å². The molecule has 0 aliphatic heterocycles. The lowest BCUT2D eigenvalue weighted by molar-refractivity contribution is 0.859. The minimum absolute atomic E-state index is 0.344. The zero-order valence-electron chi connectivity index (χ0n) is 14.5. The van der Waals surface area contributed by atoms with Crippen LogP contribution < -0.4 is 5.73 Å². The molecule has 2 rings (SSSR count). The van der Waals surface area contributed by atoms with E-state index in [2.05, 4.69) is 63.0 Å². The van der Waals surface area contributed by atoms with Crippen LogP contribution >= 0.6 is 0 Å². The second kappa shape index (κ2) is 7.28. The maximum absolute atomic E-state index is 9.57. The molecule has 3 nitrogen and oxygen atoms in total. The summed E-state index contributed by atoms with van der Waals surface area (Å²) in [6.45, 7) is 8.60. The van der Waals surface area contributed by atoms with E-state index in [0.29, 0.717) is 17.3 Å². The first-order valence-electron chi connectivity index (χ1n) is 8.35. The molecule has 120 valence electrons. The normalized spacial score (nSPS) is 10.8. The second-order valence-corrected chi connectivity index (χ2v) is 6.16. The fourth-order valence-electron chi connectivity index (χ4n) is 2.98. The number of aryl methyl sites for hydroxylation is 1. The van der Waals surface area contributed by atoms with Gasteiger partial charge in [0.15, 0.2) is 0 Å². The maximum atomic E-state index is 9.57. The molecule has 0 aliphatic rings. The molecule has 0 saturated carbocycles. The molecule has 0 bridgehead atoms. The molecule has 2 aromatic rings. The second-order valence-electron chi connectivity index (χ2n) is 6.16. The fourth-order valence-corrected chi connectivity index (χ4v) is 2.98. The Kier molecular flexibility index (Phi) is 5.39. The Hall–Kier alpha value is -2.34. The number of aromatic nitrogens is 1. The first kappa shape index (κ1) is 17.0. The third-order valence-electron chi connectivity index (χ3n) is 4.23. The summed E-state index contributed by atoms with van der Waals surface area (Å²) in [6, 6.07) is 10.7. The van der Waals surface area contributed by atoms with Crippen LogP contribution in [0.5, 0.6) is 0 Å². The largest absolute Gasteiger partial charge is 0.383 e. The highest BCUT2D eigenvalue weighted by atomic mass is 14.9. The summed E-state index contributed by atoms with van der Waals surface area (Å²) in [4.78, 5) is 4.49. The zero-order chi connectivity index (χ0) is 17.0. The van der Waals surface area contributed by atoms with Crippen LogP contribution in [0.1, 0.15) is 62.4 Å². The number of anilines is 1. The molecule has 0 unspecified atom stereocenters. The van der Waals surface area contributed by atoms with Crippen LogP contribution in [0.15, 0.2) is 24.3 Å². The summed E-state index contributed by atoms with van der Waals surface area (Å²) in [5.41, 5.74) is 12.0. The standard InChI is InChI=1S/C20H25N3/c1-5-7-18-16(6-2)19(17(12-21)20(22)23-18)15-10-8-14(9-11-15)13(3)4/h8-11,13H,5-7H2,1-4H3,(H2,22,23). The highest BCUT2D eigenvalue weighted by Gasteiger charge is 2.18. The zero-order valence-corrected chi connectivity index (χ0v) is 14.5. The van der Waals surface area contributed by atoms with Crippen LogP contribution in [0.2, 0.25) is 0 Å². The van der Waals surface area contributed by atoms with E-state index in [1.807, 2.05) is 0 Å². The third kappa shape index (κ3) is 3.37. The number of hydrogen-bond acceptors (Lipinski definition) is 3. The van der Waals surface area contributed by atoms with Crippen molar-refractivity contribution < 1.29 is 0 Å². The lowest BCUT2D eigenvalue weighted by atomic mass is 9.90. The van der Waals surface area contributed by atoms with Crippen LogP contribution in [0.25, 0.3) is 11.1 Å². The van der Waals surface area contributed by atoms with Gasteiger partial charge in [0.1, 0.15) is 17.5 Å². The summed E-state index contributed by atoms with van der Waals surface area (Å²) in [5, 5.41) is 9.57. The predicted octanol–water partition coefficient (Wildman–Crippen LogP) is 4.84. The molecule has 1 aromatic heterocycles. The van der Waals surface area contributed by atoms with E-state index in [-0.39, 0.29) is 0 Å². The van der Waals surface area contributed by atoms with Crippen molar-refractivity contribution >= 4 is 5.82 Å². The van der Waals surface area contributed by atoms with Crippen LogP contribution in [0.4, 0.5) is 5.82 Å². The Morgan fingerprint density at radius 1 is 1.17 bits per heavy atom. The van der Waals surface area contributed by atoms with Crippen LogP contribution in [-0.2, 0) is 12.8 Å². The molecule has 23 heavy (non-hydrogen) atoms. The maximum Gasteiger partial charge on any atom is 0.142 e. The molecule has 1 heterocycles. The Balaban J connectivity index is 2.70. The first-order valence-corrected chi connectivity index (χ1v) is 8.35. The summed E-state index contributed by atoms with van der Waals surface area (Å²) in [7, 11) is 0. The molecule has 0 spiro atoms. The van der Waals surface area contributed by atoms with Gasteiger partial charge < -0.3 is 5.73 Å². The molecule has 0 saturated heterocycles. The predicted molar refractivity (Wildman–Crippen MR) is 96.3 cm³/mol. The number of nitrogen functional groups attached to an aromatic ring is 1. The first-order chi connectivity index (χ1) is 11.0. The molecule has 2 N–H and O–H groups in total. The lowest BCUT2D eigenvalue weighted by Crippen LogP contribution is -2.07.